The van der Waals surface area contributed by atoms with Crippen molar-refractivity contribution in [2.45, 2.75) is 64.9 Å². The molecule has 0 amide bonds. The Bertz CT molecular complexity index is 252. The van der Waals surface area contributed by atoms with Gasteiger partial charge in [0, 0.05) is 20.0 Å². The van der Waals surface area contributed by atoms with Crippen molar-refractivity contribution < 1.29 is 24.2 Å². The van der Waals surface area contributed by atoms with Gasteiger partial charge in [-0.2, -0.15) is 0 Å². The molecule has 0 aliphatic heterocycles. The van der Waals surface area contributed by atoms with Crippen LogP contribution in [0.25, 0.3) is 0 Å². The minimum atomic E-state index is -0.730. The summed E-state index contributed by atoms with van der Waals surface area (Å²) in [5.41, 5.74) is 0. The Morgan fingerprint density at radius 3 is 2.32 bits per heavy atom. The smallest absolute Gasteiger partial charge is 0.303 e. The maximum atomic E-state index is 10.9. The van der Waals surface area contributed by atoms with Crippen LogP contribution in [0.2, 0.25) is 0 Å². The lowest BCUT2D eigenvalue weighted by Crippen LogP contribution is -2.22. The number of carboxylic acid groups (broad SMARTS) is 1. The number of hydrogen-bond donors (Lipinski definition) is 1. The molecule has 0 radical (unpaired) electrons. The van der Waals surface area contributed by atoms with Crippen LogP contribution in [-0.4, -0.2) is 36.4 Å². The molecular weight excluding hydrogens is 248 g/mol. The van der Waals surface area contributed by atoms with Gasteiger partial charge in [-0.1, -0.05) is 19.3 Å². The monoisotopic (exact) mass is 274 g/mol. The van der Waals surface area contributed by atoms with E-state index in [0.29, 0.717) is 13.2 Å². The number of hydrogen-bond acceptors (Lipinski definition) is 4. The van der Waals surface area contributed by atoms with Crippen molar-refractivity contribution in [2.24, 2.45) is 0 Å². The molecule has 112 valence electrons. The maximum Gasteiger partial charge on any atom is 0.303 e. The quantitative estimate of drug-likeness (QED) is 0.437. The number of carboxylic acids is 1. The molecule has 0 rings (SSSR count). The molecular formula is C14H26O5. The first-order valence-corrected chi connectivity index (χ1v) is 7.03. The summed E-state index contributed by atoms with van der Waals surface area (Å²) in [5, 5.41) is 8.49. The van der Waals surface area contributed by atoms with Gasteiger partial charge in [0.1, 0.15) is 6.10 Å². The largest absolute Gasteiger partial charge is 0.481 e. The van der Waals surface area contributed by atoms with Crippen LogP contribution in [0, 0.1) is 0 Å². The van der Waals surface area contributed by atoms with Crippen molar-refractivity contribution >= 4 is 11.9 Å². The van der Waals surface area contributed by atoms with Crippen LogP contribution in [0.3, 0.4) is 0 Å². The summed E-state index contributed by atoms with van der Waals surface area (Å²) in [7, 11) is 0. The Balaban J connectivity index is 3.56. The summed E-state index contributed by atoms with van der Waals surface area (Å²) in [5.74, 6) is -1.00. The van der Waals surface area contributed by atoms with Gasteiger partial charge in [-0.05, 0) is 26.2 Å². The molecule has 0 saturated carbocycles. The minimum Gasteiger partial charge on any atom is -0.481 e. The fourth-order valence-corrected chi connectivity index (χ4v) is 1.84. The fraction of sp³-hybridized carbons (Fsp3) is 0.857. The number of rotatable bonds is 12. The van der Waals surface area contributed by atoms with Crippen molar-refractivity contribution in [1.82, 2.24) is 0 Å². The van der Waals surface area contributed by atoms with Gasteiger partial charge in [-0.25, -0.2) is 0 Å². The molecule has 1 unspecified atom stereocenters. The molecule has 5 nitrogen and oxygen atoms in total. The molecule has 0 aliphatic rings. The van der Waals surface area contributed by atoms with Gasteiger partial charge in [0.25, 0.3) is 0 Å². The Kier molecular flexibility index (Phi) is 11.3. The highest BCUT2D eigenvalue weighted by Gasteiger charge is 2.11. The summed E-state index contributed by atoms with van der Waals surface area (Å²) < 4.78 is 10.4. The third-order valence-electron chi connectivity index (χ3n) is 2.76. The van der Waals surface area contributed by atoms with Gasteiger partial charge < -0.3 is 14.6 Å². The summed E-state index contributed by atoms with van der Waals surface area (Å²) in [6.07, 6.45) is 5.60. The number of carbonyl (C=O) groups excluding carboxylic acids is 1. The highest BCUT2D eigenvalue weighted by Crippen LogP contribution is 2.11. The Morgan fingerprint density at radius 1 is 1.11 bits per heavy atom. The molecule has 5 heteroatoms. The van der Waals surface area contributed by atoms with E-state index in [0.717, 1.165) is 38.5 Å². The highest BCUT2D eigenvalue weighted by molar-refractivity contribution is 5.66. The van der Waals surface area contributed by atoms with Gasteiger partial charge in [-0.3, -0.25) is 9.59 Å². The first kappa shape index (κ1) is 17.9. The second kappa shape index (κ2) is 12.0. The Labute approximate surface area is 115 Å². The van der Waals surface area contributed by atoms with E-state index in [-0.39, 0.29) is 18.5 Å². The molecule has 0 saturated heterocycles. The molecule has 19 heavy (non-hydrogen) atoms. The van der Waals surface area contributed by atoms with Crippen LogP contribution in [0.4, 0.5) is 0 Å². The highest BCUT2D eigenvalue weighted by atomic mass is 16.6. The molecule has 1 atom stereocenters. The topological polar surface area (TPSA) is 72.8 Å². The van der Waals surface area contributed by atoms with Crippen LogP contribution < -0.4 is 0 Å². The number of aliphatic carboxylic acids is 1. The molecule has 0 aromatic carbocycles. The maximum absolute atomic E-state index is 10.9. The number of unbranched alkanes of at least 4 members (excludes halogenated alkanes) is 4. The van der Waals surface area contributed by atoms with E-state index >= 15 is 0 Å². The predicted octanol–water partition coefficient (Wildman–Crippen LogP) is 2.77. The first-order chi connectivity index (χ1) is 9.06. The average Bonchev–Trinajstić information content (AvgIpc) is 2.33. The van der Waals surface area contributed by atoms with Crippen molar-refractivity contribution in [3.63, 3.8) is 0 Å². The van der Waals surface area contributed by atoms with Gasteiger partial charge in [-0.15, -0.1) is 0 Å². The Hall–Kier alpha value is -1.10. The molecule has 1 N–H and O–H groups in total. The third kappa shape index (κ3) is 13.1. The van der Waals surface area contributed by atoms with Crippen molar-refractivity contribution in [1.29, 1.82) is 0 Å². The minimum absolute atomic E-state index is 0.156. The van der Waals surface area contributed by atoms with Gasteiger partial charge in [0.2, 0.25) is 0 Å². The van der Waals surface area contributed by atoms with Crippen LogP contribution in [-0.2, 0) is 19.1 Å². The Morgan fingerprint density at radius 2 is 1.74 bits per heavy atom. The second-order valence-corrected chi connectivity index (χ2v) is 4.59. The molecule has 0 aromatic heterocycles. The van der Waals surface area contributed by atoms with Crippen LogP contribution in [0.15, 0.2) is 0 Å². The summed E-state index contributed by atoms with van der Waals surface area (Å²) in [6.45, 7) is 4.39. The molecule has 0 bridgehead atoms. The normalized spacial score (nSPS) is 12.1. The zero-order valence-corrected chi connectivity index (χ0v) is 12.0. The van der Waals surface area contributed by atoms with Gasteiger partial charge >= 0.3 is 11.9 Å². The van der Waals surface area contributed by atoms with Crippen molar-refractivity contribution in [3.05, 3.63) is 0 Å². The molecule has 0 fully saturated rings. The van der Waals surface area contributed by atoms with E-state index in [1.54, 1.807) is 0 Å². The van der Waals surface area contributed by atoms with E-state index in [4.69, 9.17) is 14.6 Å². The summed E-state index contributed by atoms with van der Waals surface area (Å²) >= 11 is 0. The van der Waals surface area contributed by atoms with E-state index in [1.165, 1.54) is 6.92 Å². The van der Waals surface area contributed by atoms with Gasteiger partial charge in [0.15, 0.2) is 0 Å². The van der Waals surface area contributed by atoms with E-state index in [1.807, 2.05) is 6.92 Å². The van der Waals surface area contributed by atoms with Crippen LogP contribution >= 0.6 is 0 Å². The number of carbonyl (C=O) groups is 2. The van der Waals surface area contributed by atoms with E-state index in [2.05, 4.69) is 0 Å². The predicted molar refractivity (Wildman–Crippen MR) is 72.0 cm³/mol. The zero-order chi connectivity index (χ0) is 14.5. The first-order valence-electron chi connectivity index (χ1n) is 7.03. The third-order valence-corrected chi connectivity index (χ3v) is 2.76. The lowest BCUT2D eigenvalue weighted by molar-refractivity contribution is -0.149. The standard InChI is InChI=1S/C14H26O5/c1-3-18-11-13(19-12(2)15)9-7-5-4-6-8-10-14(16)17/h13H,3-11H2,1-2H3,(H,16,17). The molecule has 0 aliphatic carbocycles. The molecule has 0 heterocycles. The average molecular weight is 274 g/mol. The van der Waals surface area contributed by atoms with Crippen molar-refractivity contribution in [3.8, 4) is 0 Å². The second-order valence-electron chi connectivity index (χ2n) is 4.59. The van der Waals surface area contributed by atoms with Crippen LogP contribution in [0.1, 0.15) is 58.8 Å². The SMILES string of the molecule is CCOCC(CCCCCCCC(=O)O)OC(C)=O. The summed E-state index contributed by atoms with van der Waals surface area (Å²) in [6, 6.07) is 0. The van der Waals surface area contributed by atoms with Crippen molar-refractivity contribution in [2.75, 3.05) is 13.2 Å². The van der Waals surface area contributed by atoms with E-state index < -0.39 is 5.97 Å². The van der Waals surface area contributed by atoms with E-state index in [9.17, 15) is 9.59 Å². The molecule has 0 spiro atoms. The lowest BCUT2D eigenvalue weighted by Gasteiger charge is -2.16. The molecule has 0 aromatic rings. The summed E-state index contributed by atoms with van der Waals surface area (Å²) in [4.78, 5) is 21.2. The zero-order valence-electron chi connectivity index (χ0n) is 12.0. The number of esters is 1. The lowest BCUT2D eigenvalue weighted by atomic mass is 10.1. The number of ether oxygens (including phenoxy) is 2. The van der Waals surface area contributed by atoms with Crippen LogP contribution in [0.5, 0.6) is 0 Å². The fourth-order valence-electron chi connectivity index (χ4n) is 1.84. The van der Waals surface area contributed by atoms with Gasteiger partial charge in [0.05, 0.1) is 6.61 Å².